The predicted molar refractivity (Wildman–Crippen MR) is 70.2 cm³/mol. The lowest BCUT2D eigenvalue weighted by Gasteiger charge is -2.17. The number of benzene rings is 1. The number of rotatable bonds is 2. The predicted octanol–water partition coefficient (Wildman–Crippen LogP) is 3.66. The van der Waals surface area contributed by atoms with Gasteiger partial charge in [-0.1, -0.05) is 32.9 Å². The second kappa shape index (κ2) is 4.20. The Morgan fingerprint density at radius 2 is 2.00 bits per heavy atom. The normalized spacial score (nSPS) is 13.1. The van der Waals surface area contributed by atoms with E-state index in [9.17, 15) is 0 Å². The number of fused-ring (bicyclic) bond motifs is 1. The third kappa shape index (κ3) is 2.64. The van der Waals surface area contributed by atoms with Crippen molar-refractivity contribution in [2.45, 2.75) is 27.7 Å². The van der Waals surface area contributed by atoms with Gasteiger partial charge >= 0.3 is 6.01 Å². The lowest BCUT2D eigenvalue weighted by molar-refractivity contribution is 0.583. The first kappa shape index (κ1) is 11.6. The zero-order valence-electron chi connectivity index (χ0n) is 10.6. The van der Waals surface area contributed by atoms with Gasteiger partial charge in [0.15, 0.2) is 5.58 Å². The smallest absolute Gasteiger partial charge is 0.316 e. The molecule has 17 heavy (non-hydrogen) atoms. The van der Waals surface area contributed by atoms with Crippen molar-refractivity contribution < 1.29 is 4.42 Å². The first-order chi connectivity index (χ1) is 7.97. The van der Waals surface area contributed by atoms with Crippen molar-refractivity contribution in [2.24, 2.45) is 10.5 Å². The van der Waals surface area contributed by atoms with E-state index in [2.05, 4.69) is 36.3 Å². The van der Waals surface area contributed by atoms with E-state index in [-0.39, 0.29) is 5.41 Å². The van der Waals surface area contributed by atoms with Gasteiger partial charge in [-0.05, 0) is 19.1 Å². The molecule has 0 saturated heterocycles. The fourth-order valence-electron chi connectivity index (χ4n) is 1.22. The van der Waals surface area contributed by atoms with Gasteiger partial charge in [-0.25, -0.2) is 5.43 Å². The van der Waals surface area contributed by atoms with Crippen LogP contribution >= 0.6 is 0 Å². The van der Waals surface area contributed by atoms with Crippen LogP contribution in [0.3, 0.4) is 0 Å². The first-order valence-electron chi connectivity index (χ1n) is 5.63. The average molecular weight is 231 g/mol. The fourth-order valence-corrected chi connectivity index (χ4v) is 1.22. The Hall–Kier alpha value is -1.84. The molecule has 1 aromatic heterocycles. The molecule has 90 valence electrons. The SMILES string of the molecule is C/C(=N\Nc1nc2ccccc2o1)C(C)(C)C. The van der Waals surface area contributed by atoms with Crippen LogP contribution in [0.15, 0.2) is 33.8 Å². The van der Waals surface area contributed by atoms with E-state index in [4.69, 9.17) is 4.42 Å². The molecule has 0 saturated carbocycles. The highest BCUT2D eigenvalue weighted by Crippen LogP contribution is 2.19. The molecule has 0 amide bonds. The van der Waals surface area contributed by atoms with E-state index in [1.807, 2.05) is 31.2 Å². The van der Waals surface area contributed by atoms with Crippen LogP contribution in [0.25, 0.3) is 11.1 Å². The summed E-state index contributed by atoms with van der Waals surface area (Å²) in [6, 6.07) is 8.06. The van der Waals surface area contributed by atoms with Crippen molar-refractivity contribution in [3.8, 4) is 0 Å². The minimum Gasteiger partial charge on any atom is -0.422 e. The van der Waals surface area contributed by atoms with E-state index in [1.165, 1.54) is 0 Å². The zero-order valence-corrected chi connectivity index (χ0v) is 10.6. The van der Waals surface area contributed by atoms with Crippen molar-refractivity contribution in [3.63, 3.8) is 0 Å². The van der Waals surface area contributed by atoms with Crippen LogP contribution in [0.4, 0.5) is 6.01 Å². The summed E-state index contributed by atoms with van der Waals surface area (Å²) in [5.74, 6) is 0. The summed E-state index contributed by atoms with van der Waals surface area (Å²) in [4.78, 5) is 4.28. The van der Waals surface area contributed by atoms with Crippen molar-refractivity contribution in [1.82, 2.24) is 4.98 Å². The van der Waals surface area contributed by atoms with Gasteiger partial charge < -0.3 is 4.42 Å². The Bertz CT molecular complexity index is 516. The number of anilines is 1. The molecule has 2 rings (SSSR count). The van der Waals surface area contributed by atoms with Gasteiger partial charge in [-0.2, -0.15) is 10.1 Å². The van der Waals surface area contributed by atoms with Crippen LogP contribution < -0.4 is 5.43 Å². The largest absolute Gasteiger partial charge is 0.422 e. The summed E-state index contributed by atoms with van der Waals surface area (Å²) in [6.07, 6.45) is 0. The van der Waals surface area contributed by atoms with Gasteiger partial charge in [0.05, 0.1) is 0 Å². The quantitative estimate of drug-likeness (QED) is 0.633. The van der Waals surface area contributed by atoms with Crippen LogP contribution in [0.1, 0.15) is 27.7 Å². The molecule has 0 spiro atoms. The molecule has 0 unspecified atom stereocenters. The summed E-state index contributed by atoms with van der Waals surface area (Å²) in [7, 11) is 0. The molecule has 1 heterocycles. The number of hydrogen-bond donors (Lipinski definition) is 1. The van der Waals surface area contributed by atoms with E-state index in [0.717, 1.165) is 16.8 Å². The Morgan fingerprint density at radius 3 is 2.65 bits per heavy atom. The monoisotopic (exact) mass is 231 g/mol. The molecule has 4 nitrogen and oxygen atoms in total. The minimum atomic E-state index is 0.0407. The Morgan fingerprint density at radius 1 is 1.29 bits per heavy atom. The molecular weight excluding hydrogens is 214 g/mol. The highest BCUT2D eigenvalue weighted by atomic mass is 16.4. The number of oxazole rings is 1. The van der Waals surface area contributed by atoms with E-state index in [0.29, 0.717) is 6.01 Å². The molecule has 1 N–H and O–H groups in total. The second-order valence-electron chi connectivity index (χ2n) is 5.05. The van der Waals surface area contributed by atoms with Crippen LogP contribution in [-0.2, 0) is 0 Å². The molecule has 1 aromatic carbocycles. The van der Waals surface area contributed by atoms with Gasteiger partial charge in [0.25, 0.3) is 0 Å². The van der Waals surface area contributed by atoms with Crippen LogP contribution in [0.5, 0.6) is 0 Å². The third-order valence-electron chi connectivity index (χ3n) is 2.70. The van der Waals surface area contributed by atoms with Gasteiger partial charge in [-0.3, -0.25) is 0 Å². The van der Waals surface area contributed by atoms with Crippen molar-refractivity contribution in [1.29, 1.82) is 0 Å². The van der Waals surface area contributed by atoms with Crippen LogP contribution in [0, 0.1) is 5.41 Å². The maximum absolute atomic E-state index is 5.50. The standard InChI is InChI=1S/C13H17N3O/c1-9(13(2,3)4)15-16-12-14-10-7-5-6-8-11(10)17-12/h5-8H,1-4H3,(H,14,16)/b15-9+. The van der Waals surface area contributed by atoms with E-state index in [1.54, 1.807) is 0 Å². The van der Waals surface area contributed by atoms with Crippen LogP contribution in [0.2, 0.25) is 0 Å². The molecular formula is C13H17N3O. The van der Waals surface area contributed by atoms with Gasteiger partial charge in [0.2, 0.25) is 0 Å². The lowest BCUT2D eigenvalue weighted by atomic mass is 9.91. The maximum atomic E-state index is 5.50. The minimum absolute atomic E-state index is 0.0407. The van der Waals surface area contributed by atoms with E-state index < -0.39 is 0 Å². The second-order valence-corrected chi connectivity index (χ2v) is 5.05. The van der Waals surface area contributed by atoms with Gasteiger partial charge in [0.1, 0.15) is 5.52 Å². The topological polar surface area (TPSA) is 50.4 Å². The number of nitrogens with one attached hydrogen (secondary N) is 1. The Labute approximate surface area is 101 Å². The van der Waals surface area contributed by atoms with Crippen LogP contribution in [-0.4, -0.2) is 10.7 Å². The summed E-state index contributed by atoms with van der Waals surface area (Å²) in [5, 5.41) is 4.27. The Balaban J connectivity index is 2.19. The van der Waals surface area contributed by atoms with Gasteiger partial charge in [-0.15, -0.1) is 0 Å². The number of aromatic nitrogens is 1. The van der Waals surface area contributed by atoms with Crippen molar-refractivity contribution in [2.75, 3.05) is 5.43 Å². The molecule has 0 bridgehead atoms. The summed E-state index contributed by atoms with van der Waals surface area (Å²) in [5.41, 5.74) is 5.49. The molecule has 0 aliphatic carbocycles. The highest BCUT2D eigenvalue weighted by molar-refractivity contribution is 5.87. The number of nitrogens with zero attached hydrogens (tertiary/aromatic N) is 2. The fraction of sp³-hybridized carbons (Fsp3) is 0.385. The van der Waals surface area contributed by atoms with Gasteiger partial charge in [0, 0.05) is 11.1 Å². The number of hydrazone groups is 1. The number of para-hydroxylation sites is 2. The molecule has 0 atom stereocenters. The lowest BCUT2D eigenvalue weighted by Crippen LogP contribution is -2.18. The van der Waals surface area contributed by atoms with Crippen molar-refractivity contribution >= 4 is 22.8 Å². The summed E-state index contributed by atoms with van der Waals surface area (Å²) < 4.78 is 5.50. The maximum Gasteiger partial charge on any atom is 0.316 e. The number of hydrogen-bond acceptors (Lipinski definition) is 4. The molecule has 0 fully saturated rings. The molecule has 0 aliphatic rings. The van der Waals surface area contributed by atoms with Crippen molar-refractivity contribution in [3.05, 3.63) is 24.3 Å². The average Bonchev–Trinajstić information content (AvgIpc) is 2.66. The zero-order chi connectivity index (χ0) is 12.5. The summed E-state index contributed by atoms with van der Waals surface area (Å²) >= 11 is 0. The van der Waals surface area contributed by atoms with E-state index >= 15 is 0 Å². The molecule has 0 radical (unpaired) electrons. The third-order valence-corrected chi connectivity index (χ3v) is 2.70. The first-order valence-corrected chi connectivity index (χ1v) is 5.63. The molecule has 2 aromatic rings. The molecule has 4 heteroatoms. The summed E-state index contributed by atoms with van der Waals surface area (Å²) in [6.45, 7) is 8.31. The highest BCUT2D eigenvalue weighted by Gasteiger charge is 2.14. The Kier molecular flexibility index (Phi) is 2.88. The molecule has 0 aliphatic heterocycles.